The molecule has 0 fully saturated rings. The number of benzene rings is 1. The van der Waals surface area contributed by atoms with Gasteiger partial charge in [-0.15, -0.1) is 6.58 Å². The van der Waals surface area contributed by atoms with Crippen molar-refractivity contribution in [3.05, 3.63) is 48.9 Å². The van der Waals surface area contributed by atoms with Crippen molar-refractivity contribution >= 4 is 0 Å². The lowest BCUT2D eigenvalue weighted by molar-refractivity contribution is 0.409. The molecule has 1 radical (unpaired) electrons. The maximum atomic E-state index is 5.31. The van der Waals surface area contributed by atoms with Crippen molar-refractivity contribution in [2.75, 3.05) is 7.11 Å². The second-order valence-electron chi connectivity index (χ2n) is 3.27. The van der Waals surface area contributed by atoms with Gasteiger partial charge in [-0.05, 0) is 30.5 Å². The summed E-state index contributed by atoms with van der Waals surface area (Å²) in [6, 6.07) is 6.22. The summed E-state index contributed by atoms with van der Waals surface area (Å²) in [5.41, 5.74) is 2.38. The van der Waals surface area contributed by atoms with E-state index in [0.717, 1.165) is 17.7 Å². The molecular formula is C13H17O. The van der Waals surface area contributed by atoms with Crippen molar-refractivity contribution in [3.8, 4) is 5.75 Å². The number of ether oxygens (including phenoxy) is 1. The van der Waals surface area contributed by atoms with E-state index in [1.54, 1.807) is 7.11 Å². The Hall–Kier alpha value is -1.24. The van der Waals surface area contributed by atoms with Gasteiger partial charge >= 0.3 is 0 Å². The van der Waals surface area contributed by atoms with Crippen molar-refractivity contribution in [3.63, 3.8) is 0 Å². The number of hydrogen-bond donors (Lipinski definition) is 0. The molecule has 1 nitrogen and oxygen atoms in total. The van der Waals surface area contributed by atoms with Gasteiger partial charge in [0.15, 0.2) is 0 Å². The zero-order valence-corrected chi connectivity index (χ0v) is 8.92. The smallest absolute Gasteiger partial charge is 0.122 e. The van der Waals surface area contributed by atoms with E-state index < -0.39 is 0 Å². The summed E-state index contributed by atoms with van der Waals surface area (Å²) in [5, 5.41) is 0. The lowest BCUT2D eigenvalue weighted by atomic mass is 9.98. The first-order valence-corrected chi connectivity index (χ1v) is 4.85. The molecule has 0 N–H and O–H groups in total. The third kappa shape index (κ3) is 2.16. The van der Waals surface area contributed by atoms with Gasteiger partial charge < -0.3 is 4.74 Å². The fraction of sp³-hybridized carbons (Fsp3) is 0.308. The Bertz CT molecular complexity index is 315. The molecule has 1 heteroatoms. The van der Waals surface area contributed by atoms with E-state index in [-0.39, 0.29) is 5.92 Å². The minimum atomic E-state index is 0.134. The van der Waals surface area contributed by atoms with Gasteiger partial charge in [-0.3, -0.25) is 0 Å². The fourth-order valence-electron chi connectivity index (χ4n) is 1.42. The predicted octanol–water partition coefficient (Wildman–Crippen LogP) is 3.36. The quantitative estimate of drug-likeness (QED) is 0.660. The fourth-order valence-corrected chi connectivity index (χ4v) is 1.42. The van der Waals surface area contributed by atoms with Gasteiger partial charge in [-0.25, -0.2) is 0 Å². The summed E-state index contributed by atoms with van der Waals surface area (Å²) < 4.78 is 5.31. The lowest BCUT2D eigenvalue weighted by Crippen LogP contribution is -1.95. The number of hydrogen-bond acceptors (Lipinski definition) is 1. The zero-order valence-electron chi connectivity index (χ0n) is 8.92. The molecule has 0 bridgehead atoms. The van der Waals surface area contributed by atoms with Crippen molar-refractivity contribution in [2.45, 2.75) is 19.3 Å². The molecule has 0 aliphatic carbocycles. The van der Waals surface area contributed by atoms with Crippen molar-refractivity contribution in [2.24, 2.45) is 0 Å². The SMILES string of the molecule is [CH2]C(C=C)c1ccc(CC)c(OC)c1. The van der Waals surface area contributed by atoms with Crippen LogP contribution in [0.2, 0.25) is 0 Å². The van der Waals surface area contributed by atoms with Crippen LogP contribution in [-0.2, 0) is 6.42 Å². The normalized spacial score (nSPS) is 12.2. The monoisotopic (exact) mass is 189 g/mol. The summed E-state index contributed by atoms with van der Waals surface area (Å²) in [6.07, 6.45) is 2.82. The van der Waals surface area contributed by atoms with Crippen LogP contribution in [0.3, 0.4) is 0 Å². The van der Waals surface area contributed by atoms with Crippen LogP contribution in [0.25, 0.3) is 0 Å². The highest BCUT2D eigenvalue weighted by atomic mass is 16.5. The Balaban J connectivity index is 3.06. The van der Waals surface area contributed by atoms with Crippen LogP contribution in [-0.4, -0.2) is 7.11 Å². The first-order valence-electron chi connectivity index (χ1n) is 4.85. The van der Waals surface area contributed by atoms with Crippen LogP contribution in [0.4, 0.5) is 0 Å². The van der Waals surface area contributed by atoms with Gasteiger partial charge in [0.25, 0.3) is 0 Å². The first-order chi connectivity index (χ1) is 6.72. The van der Waals surface area contributed by atoms with E-state index >= 15 is 0 Å². The van der Waals surface area contributed by atoms with Crippen molar-refractivity contribution in [1.29, 1.82) is 0 Å². The topological polar surface area (TPSA) is 9.23 Å². The average molecular weight is 189 g/mol. The van der Waals surface area contributed by atoms with Crippen LogP contribution < -0.4 is 4.74 Å². The van der Waals surface area contributed by atoms with Crippen LogP contribution in [0.5, 0.6) is 5.75 Å². The Labute approximate surface area is 86.4 Å². The number of rotatable bonds is 4. The van der Waals surface area contributed by atoms with Gasteiger partial charge in [0, 0.05) is 5.92 Å². The molecule has 1 aromatic carbocycles. The molecule has 0 aliphatic rings. The summed E-state index contributed by atoms with van der Waals surface area (Å²) in [6.45, 7) is 9.83. The van der Waals surface area contributed by atoms with Gasteiger partial charge in [0.05, 0.1) is 7.11 Å². The second kappa shape index (κ2) is 4.85. The van der Waals surface area contributed by atoms with Crippen molar-refractivity contribution in [1.82, 2.24) is 0 Å². The van der Waals surface area contributed by atoms with E-state index in [0.29, 0.717) is 0 Å². The maximum absolute atomic E-state index is 5.31. The molecule has 75 valence electrons. The van der Waals surface area contributed by atoms with Gasteiger partial charge in [0.2, 0.25) is 0 Å². The minimum Gasteiger partial charge on any atom is -0.496 e. The minimum absolute atomic E-state index is 0.134. The Kier molecular flexibility index (Phi) is 3.75. The predicted molar refractivity (Wildman–Crippen MR) is 60.7 cm³/mol. The molecule has 1 aromatic rings. The van der Waals surface area contributed by atoms with Crippen LogP contribution in [0, 0.1) is 6.92 Å². The number of methoxy groups -OCH3 is 1. The summed E-state index contributed by atoms with van der Waals surface area (Å²) in [4.78, 5) is 0. The Morgan fingerprint density at radius 3 is 2.71 bits per heavy atom. The standard InChI is InChI=1S/C13H17O/c1-5-10(3)12-8-7-11(6-2)13(9-12)14-4/h5,7-10H,1,3,6H2,2,4H3. The maximum Gasteiger partial charge on any atom is 0.122 e. The highest BCUT2D eigenvalue weighted by molar-refractivity contribution is 5.40. The molecule has 0 aliphatic heterocycles. The van der Waals surface area contributed by atoms with Crippen LogP contribution >= 0.6 is 0 Å². The molecule has 0 saturated heterocycles. The summed E-state index contributed by atoms with van der Waals surface area (Å²) in [7, 11) is 1.70. The van der Waals surface area contributed by atoms with Gasteiger partial charge in [-0.2, -0.15) is 0 Å². The number of aryl methyl sites for hydroxylation is 1. The molecule has 1 atom stereocenters. The van der Waals surface area contributed by atoms with E-state index in [9.17, 15) is 0 Å². The van der Waals surface area contributed by atoms with Gasteiger partial charge in [0.1, 0.15) is 5.75 Å². The molecule has 1 rings (SSSR count). The third-order valence-electron chi connectivity index (χ3n) is 2.40. The largest absolute Gasteiger partial charge is 0.496 e. The molecule has 0 amide bonds. The Morgan fingerprint density at radius 2 is 2.21 bits per heavy atom. The van der Waals surface area contributed by atoms with E-state index in [1.165, 1.54) is 5.56 Å². The molecular weight excluding hydrogens is 172 g/mol. The average Bonchev–Trinajstić information content (AvgIpc) is 2.26. The molecule has 0 heterocycles. The van der Waals surface area contributed by atoms with E-state index in [1.807, 2.05) is 12.1 Å². The highest BCUT2D eigenvalue weighted by Gasteiger charge is 2.05. The molecule has 0 saturated carbocycles. The second-order valence-corrected chi connectivity index (χ2v) is 3.27. The van der Waals surface area contributed by atoms with E-state index in [2.05, 4.69) is 32.6 Å². The lowest BCUT2D eigenvalue weighted by Gasteiger charge is -2.11. The number of allylic oxidation sites excluding steroid dienone is 1. The molecule has 1 unspecified atom stereocenters. The Morgan fingerprint density at radius 1 is 1.50 bits per heavy atom. The zero-order chi connectivity index (χ0) is 10.6. The molecule has 0 aromatic heterocycles. The van der Waals surface area contributed by atoms with Crippen molar-refractivity contribution < 1.29 is 4.74 Å². The highest BCUT2D eigenvalue weighted by Crippen LogP contribution is 2.25. The van der Waals surface area contributed by atoms with Crippen LogP contribution in [0.1, 0.15) is 24.0 Å². The van der Waals surface area contributed by atoms with Crippen LogP contribution in [0.15, 0.2) is 30.9 Å². The summed E-state index contributed by atoms with van der Waals surface area (Å²) >= 11 is 0. The van der Waals surface area contributed by atoms with Gasteiger partial charge in [-0.1, -0.05) is 25.1 Å². The molecule has 14 heavy (non-hydrogen) atoms. The first kappa shape index (κ1) is 10.8. The molecule has 0 spiro atoms. The van der Waals surface area contributed by atoms with E-state index in [4.69, 9.17) is 4.74 Å². The summed E-state index contributed by atoms with van der Waals surface area (Å²) in [5.74, 6) is 1.08. The third-order valence-corrected chi connectivity index (χ3v) is 2.40.